The number of nitrogens with zero attached hydrogens (tertiary/aromatic N) is 1. The van der Waals surface area contributed by atoms with Crippen molar-refractivity contribution in [3.63, 3.8) is 0 Å². The minimum Gasteiger partial charge on any atom is -0.483 e. The van der Waals surface area contributed by atoms with Gasteiger partial charge >= 0.3 is 0 Å². The molecule has 0 bridgehead atoms. The maximum Gasteiger partial charge on any atom is 0.261 e. The molecule has 162 valence electrons. The third-order valence-corrected chi connectivity index (χ3v) is 5.99. The molecule has 0 aliphatic heterocycles. The smallest absolute Gasteiger partial charge is 0.261 e. The van der Waals surface area contributed by atoms with Crippen LogP contribution in [-0.4, -0.2) is 35.9 Å². The van der Waals surface area contributed by atoms with Crippen LogP contribution in [0.5, 0.6) is 5.75 Å². The van der Waals surface area contributed by atoms with Gasteiger partial charge in [-0.25, -0.2) is 0 Å². The van der Waals surface area contributed by atoms with Gasteiger partial charge in [0.25, 0.3) is 5.91 Å². The molecular weight excluding hydrogens is 491 g/mol. The number of amides is 2. The van der Waals surface area contributed by atoms with Crippen LogP contribution in [0.3, 0.4) is 0 Å². The molecule has 0 radical (unpaired) electrons. The molecule has 2 aromatic rings. The Labute approximate surface area is 195 Å². The molecule has 2 aromatic carbocycles. The Hall–Kier alpha value is -1.76. The number of halogens is 3. The first kappa shape index (κ1) is 24.5. The molecule has 0 aliphatic carbocycles. The fourth-order valence-corrected chi connectivity index (χ4v) is 3.92. The highest BCUT2D eigenvalue weighted by Crippen LogP contribution is 2.28. The average Bonchev–Trinajstić information content (AvgIpc) is 2.72. The lowest BCUT2D eigenvalue weighted by atomic mass is 10.1. The average molecular weight is 516 g/mol. The fourth-order valence-electron chi connectivity index (χ4n) is 2.86. The van der Waals surface area contributed by atoms with Crippen molar-refractivity contribution in [3.05, 3.63) is 62.0 Å². The zero-order chi connectivity index (χ0) is 22.3. The van der Waals surface area contributed by atoms with E-state index >= 15 is 0 Å². The molecule has 0 aromatic heterocycles. The van der Waals surface area contributed by atoms with Crippen LogP contribution in [0.1, 0.15) is 31.9 Å². The monoisotopic (exact) mass is 514 g/mol. The van der Waals surface area contributed by atoms with Gasteiger partial charge in [-0.1, -0.05) is 42.3 Å². The van der Waals surface area contributed by atoms with Crippen molar-refractivity contribution in [3.8, 4) is 5.75 Å². The van der Waals surface area contributed by atoms with Crippen molar-refractivity contribution in [1.29, 1.82) is 0 Å². The second-order valence-electron chi connectivity index (χ2n) is 6.70. The molecule has 30 heavy (non-hydrogen) atoms. The summed E-state index contributed by atoms with van der Waals surface area (Å²) in [7, 11) is 0. The van der Waals surface area contributed by atoms with Gasteiger partial charge in [-0.15, -0.1) is 0 Å². The molecule has 0 saturated carbocycles. The Kier molecular flexibility index (Phi) is 9.46. The van der Waals surface area contributed by atoms with Crippen LogP contribution in [0.15, 0.2) is 40.9 Å². The summed E-state index contributed by atoms with van der Waals surface area (Å²) in [4.78, 5) is 26.9. The van der Waals surface area contributed by atoms with Crippen molar-refractivity contribution in [2.24, 2.45) is 0 Å². The maximum absolute atomic E-state index is 13.0. The third-order valence-electron chi connectivity index (χ3n) is 4.66. The van der Waals surface area contributed by atoms with Crippen LogP contribution in [0.25, 0.3) is 0 Å². The van der Waals surface area contributed by atoms with E-state index in [9.17, 15) is 9.59 Å². The second-order valence-corrected chi connectivity index (χ2v) is 8.37. The molecule has 0 saturated heterocycles. The van der Waals surface area contributed by atoms with E-state index in [0.717, 1.165) is 16.5 Å². The van der Waals surface area contributed by atoms with Gasteiger partial charge in [0, 0.05) is 28.7 Å². The summed E-state index contributed by atoms with van der Waals surface area (Å²) in [6.07, 6.45) is 0.897. The summed E-state index contributed by atoms with van der Waals surface area (Å²) in [5.74, 6) is -0.0550. The molecule has 2 amide bonds. The van der Waals surface area contributed by atoms with Crippen molar-refractivity contribution in [2.75, 3.05) is 13.2 Å². The van der Waals surface area contributed by atoms with Gasteiger partial charge in [0.2, 0.25) is 5.91 Å². The molecule has 1 unspecified atom stereocenters. The number of benzene rings is 2. The van der Waals surface area contributed by atoms with E-state index in [0.29, 0.717) is 27.9 Å². The zero-order valence-corrected chi connectivity index (χ0v) is 20.3. The van der Waals surface area contributed by atoms with Crippen molar-refractivity contribution >= 4 is 50.9 Å². The van der Waals surface area contributed by atoms with Gasteiger partial charge in [0.15, 0.2) is 6.61 Å². The van der Waals surface area contributed by atoms with E-state index in [-0.39, 0.29) is 25.0 Å². The Balaban J connectivity index is 2.22. The number of likely N-dealkylation sites (N-methyl/N-ethyl adjacent to an activating group) is 1. The summed E-state index contributed by atoms with van der Waals surface area (Å²) in [5.41, 5.74) is 1.74. The standard InChI is InChI=1S/C22H25BrCl2N2O3/c1-4-15-9-10-20(17(23)11-15)30-13-21(28)27(14(3)22(29)26-5-2)12-16-18(24)7-6-8-19(16)25/h6-11,14H,4-5,12-13H2,1-3H3,(H,26,29). The lowest BCUT2D eigenvalue weighted by Gasteiger charge is -2.29. The largest absolute Gasteiger partial charge is 0.483 e. The summed E-state index contributed by atoms with van der Waals surface area (Å²) in [6, 6.07) is 10.1. The first-order chi connectivity index (χ1) is 14.3. The molecule has 1 N–H and O–H groups in total. The van der Waals surface area contributed by atoms with Crippen molar-refractivity contribution in [2.45, 2.75) is 39.8 Å². The molecule has 8 heteroatoms. The summed E-state index contributed by atoms with van der Waals surface area (Å²) in [5, 5.41) is 3.61. The van der Waals surface area contributed by atoms with Gasteiger partial charge < -0.3 is 15.0 Å². The third kappa shape index (κ3) is 6.37. The Bertz CT molecular complexity index is 888. The van der Waals surface area contributed by atoms with Crippen LogP contribution in [0.2, 0.25) is 10.0 Å². The number of carbonyl (C=O) groups excluding carboxylic acids is 2. The number of hydrogen-bond donors (Lipinski definition) is 1. The van der Waals surface area contributed by atoms with Gasteiger partial charge in [-0.05, 0) is 66.0 Å². The van der Waals surface area contributed by atoms with Crippen LogP contribution in [0, 0.1) is 0 Å². The van der Waals surface area contributed by atoms with Gasteiger partial charge in [-0.3, -0.25) is 9.59 Å². The van der Waals surface area contributed by atoms with Gasteiger partial charge in [-0.2, -0.15) is 0 Å². The van der Waals surface area contributed by atoms with Crippen molar-refractivity contribution < 1.29 is 14.3 Å². The molecule has 0 fully saturated rings. The number of carbonyl (C=O) groups is 2. The molecule has 0 aliphatic rings. The Morgan fingerprint density at radius 1 is 1.17 bits per heavy atom. The number of rotatable bonds is 9. The zero-order valence-electron chi connectivity index (χ0n) is 17.2. The lowest BCUT2D eigenvalue weighted by Crippen LogP contribution is -2.49. The normalized spacial score (nSPS) is 11.7. The van der Waals surface area contributed by atoms with E-state index < -0.39 is 6.04 Å². The topological polar surface area (TPSA) is 58.6 Å². The molecular formula is C22H25BrCl2N2O3. The van der Waals surface area contributed by atoms with E-state index in [2.05, 4.69) is 28.2 Å². The highest BCUT2D eigenvalue weighted by molar-refractivity contribution is 9.10. The predicted molar refractivity (Wildman–Crippen MR) is 124 cm³/mol. The molecule has 0 heterocycles. The minimum atomic E-state index is -0.723. The van der Waals surface area contributed by atoms with E-state index in [1.54, 1.807) is 25.1 Å². The molecule has 1 atom stereocenters. The summed E-state index contributed by atoms with van der Waals surface area (Å²) < 4.78 is 6.50. The number of ether oxygens (including phenoxy) is 1. The van der Waals surface area contributed by atoms with Gasteiger partial charge in [0.1, 0.15) is 11.8 Å². The van der Waals surface area contributed by atoms with E-state index in [4.69, 9.17) is 27.9 Å². The lowest BCUT2D eigenvalue weighted by molar-refractivity contribution is -0.142. The quantitative estimate of drug-likeness (QED) is 0.496. The first-order valence-corrected chi connectivity index (χ1v) is 11.2. The molecule has 2 rings (SSSR count). The highest BCUT2D eigenvalue weighted by Gasteiger charge is 2.27. The number of aryl methyl sites for hydroxylation is 1. The number of nitrogens with one attached hydrogen (secondary N) is 1. The molecule has 5 nitrogen and oxygen atoms in total. The fraction of sp³-hybridized carbons (Fsp3) is 0.364. The van der Waals surface area contributed by atoms with Crippen LogP contribution in [-0.2, 0) is 22.6 Å². The summed E-state index contributed by atoms with van der Waals surface area (Å²) >= 11 is 16.0. The van der Waals surface area contributed by atoms with E-state index in [1.165, 1.54) is 4.90 Å². The number of hydrogen-bond acceptors (Lipinski definition) is 3. The predicted octanol–water partition coefficient (Wildman–Crippen LogP) is 5.25. The minimum absolute atomic E-state index is 0.0922. The SMILES string of the molecule is CCNC(=O)C(C)N(Cc1c(Cl)cccc1Cl)C(=O)COc1ccc(CC)cc1Br. The second kappa shape index (κ2) is 11.6. The van der Waals surface area contributed by atoms with Crippen molar-refractivity contribution in [1.82, 2.24) is 10.2 Å². The highest BCUT2D eigenvalue weighted by atomic mass is 79.9. The maximum atomic E-state index is 13.0. The summed E-state index contributed by atoms with van der Waals surface area (Å²) in [6.45, 7) is 5.88. The first-order valence-electron chi connectivity index (χ1n) is 9.69. The van der Waals surface area contributed by atoms with Crippen LogP contribution in [0.4, 0.5) is 0 Å². The van der Waals surface area contributed by atoms with Crippen LogP contribution >= 0.6 is 39.1 Å². The Morgan fingerprint density at radius 3 is 2.40 bits per heavy atom. The Morgan fingerprint density at radius 2 is 1.83 bits per heavy atom. The molecule has 0 spiro atoms. The van der Waals surface area contributed by atoms with E-state index in [1.807, 2.05) is 25.1 Å². The van der Waals surface area contributed by atoms with Gasteiger partial charge in [0.05, 0.1) is 4.47 Å². The van der Waals surface area contributed by atoms with Crippen LogP contribution < -0.4 is 10.1 Å².